The van der Waals surface area contributed by atoms with Crippen molar-refractivity contribution in [2.24, 2.45) is 0 Å². The van der Waals surface area contributed by atoms with E-state index < -0.39 is 0 Å². The van der Waals surface area contributed by atoms with Crippen LogP contribution < -0.4 is 0 Å². The van der Waals surface area contributed by atoms with Gasteiger partial charge in [-0.1, -0.05) is 17.3 Å². The first-order chi connectivity index (χ1) is 12.8. The van der Waals surface area contributed by atoms with Crippen LogP contribution in [0, 0.1) is 0 Å². The van der Waals surface area contributed by atoms with Gasteiger partial charge in [0.2, 0.25) is 5.76 Å². The molecule has 0 radical (unpaired) electrons. The second-order valence-electron chi connectivity index (χ2n) is 6.75. The van der Waals surface area contributed by atoms with Crippen LogP contribution in [0.1, 0.15) is 30.3 Å². The molecule has 6 nitrogen and oxygen atoms in total. The van der Waals surface area contributed by atoms with Crippen LogP contribution in [0.3, 0.4) is 0 Å². The van der Waals surface area contributed by atoms with E-state index in [2.05, 4.69) is 15.0 Å². The molecule has 0 saturated carbocycles. The van der Waals surface area contributed by atoms with E-state index in [9.17, 15) is 0 Å². The number of benzene rings is 1. The van der Waals surface area contributed by atoms with Crippen molar-refractivity contribution in [1.29, 1.82) is 0 Å². The first kappa shape index (κ1) is 15.4. The fourth-order valence-electron chi connectivity index (χ4n) is 3.62. The average molecular weight is 349 g/mol. The van der Waals surface area contributed by atoms with Crippen molar-refractivity contribution < 1.29 is 13.4 Å². The Morgan fingerprint density at radius 3 is 2.96 bits per heavy atom. The molecule has 0 aliphatic carbocycles. The fraction of sp³-hybridized carbons (Fsp3) is 0.300. The fourth-order valence-corrected chi connectivity index (χ4v) is 3.62. The van der Waals surface area contributed by atoms with Crippen molar-refractivity contribution in [3.63, 3.8) is 0 Å². The molecule has 6 heteroatoms. The summed E-state index contributed by atoms with van der Waals surface area (Å²) in [5.74, 6) is 2.52. The Kier molecular flexibility index (Phi) is 3.83. The normalized spacial score (nSPS) is 18.5. The SMILES string of the molecule is c1coc(-c2cc(CN3CCCC(c4nc5ccccc5o4)C3)no2)c1. The van der Waals surface area contributed by atoms with Crippen LogP contribution in [-0.2, 0) is 6.54 Å². The highest BCUT2D eigenvalue weighted by atomic mass is 16.5. The summed E-state index contributed by atoms with van der Waals surface area (Å²) in [4.78, 5) is 7.06. The van der Waals surface area contributed by atoms with Gasteiger partial charge in [-0.25, -0.2) is 4.98 Å². The standard InChI is InChI=1S/C20H19N3O3/c1-2-7-17-16(6-1)21-20(25-17)14-5-3-9-23(12-14)13-15-11-19(26-22-15)18-8-4-10-24-18/h1-2,4,6-8,10-11,14H,3,5,9,12-13H2. The zero-order chi connectivity index (χ0) is 17.3. The molecular formula is C20H19N3O3. The van der Waals surface area contributed by atoms with Gasteiger partial charge in [0.1, 0.15) is 5.52 Å². The van der Waals surface area contributed by atoms with Gasteiger partial charge in [0.05, 0.1) is 12.0 Å². The molecule has 0 N–H and O–H groups in total. The van der Waals surface area contributed by atoms with Crippen LogP contribution >= 0.6 is 0 Å². The van der Waals surface area contributed by atoms with Crippen molar-refractivity contribution in [3.8, 4) is 11.5 Å². The number of hydrogen-bond acceptors (Lipinski definition) is 6. The average Bonchev–Trinajstić information content (AvgIpc) is 3.41. The first-order valence-corrected chi connectivity index (χ1v) is 8.92. The minimum Gasteiger partial charge on any atom is -0.461 e. The minimum atomic E-state index is 0.313. The first-order valence-electron chi connectivity index (χ1n) is 8.92. The lowest BCUT2D eigenvalue weighted by Gasteiger charge is -2.30. The molecule has 5 rings (SSSR count). The number of hydrogen-bond donors (Lipinski definition) is 0. The van der Waals surface area contributed by atoms with Gasteiger partial charge < -0.3 is 13.4 Å². The van der Waals surface area contributed by atoms with Gasteiger partial charge in [-0.15, -0.1) is 0 Å². The smallest absolute Gasteiger partial charge is 0.202 e. The number of nitrogens with zero attached hydrogens (tertiary/aromatic N) is 3. The highest BCUT2D eigenvalue weighted by molar-refractivity contribution is 5.72. The van der Waals surface area contributed by atoms with E-state index >= 15 is 0 Å². The topological polar surface area (TPSA) is 68.4 Å². The molecule has 1 saturated heterocycles. The maximum absolute atomic E-state index is 5.97. The molecular weight excluding hydrogens is 330 g/mol. The zero-order valence-electron chi connectivity index (χ0n) is 14.3. The molecule has 1 aromatic carbocycles. The van der Waals surface area contributed by atoms with Gasteiger partial charge in [0.25, 0.3) is 0 Å². The number of fused-ring (bicyclic) bond motifs is 1. The highest BCUT2D eigenvalue weighted by Crippen LogP contribution is 2.30. The lowest BCUT2D eigenvalue weighted by Crippen LogP contribution is -2.34. The van der Waals surface area contributed by atoms with Crippen molar-refractivity contribution >= 4 is 11.1 Å². The van der Waals surface area contributed by atoms with Gasteiger partial charge >= 0.3 is 0 Å². The minimum absolute atomic E-state index is 0.313. The van der Waals surface area contributed by atoms with E-state index in [0.717, 1.165) is 55.2 Å². The summed E-state index contributed by atoms with van der Waals surface area (Å²) in [5.41, 5.74) is 2.70. The highest BCUT2D eigenvalue weighted by Gasteiger charge is 2.26. The predicted molar refractivity (Wildman–Crippen MR) is 95.5 cm³/mol. The molecule has 1 atom stereocenters. The summed E-state index contributed by atoms with van der Waals surface area (Å²) >= 11 is 0. The number of furan rings is 1. The Labute approximate surface area is 150 Å². The Hall–Kier alpha value is -2.86. The number of para-hydroxylation sites is 2. The van der Waals surface area contributed by atoms with Crippen LogP contribution in [0.4, 0.5) is 0 Å². The van der Waals surface area contributed by atoms with Crippen LogP contribution in [0.25, 0.3) is 22.6 Å². The number of rotatable bonds is 4. The van der Waals surface area contributed by atoms with Gasteiger partial charge in [-0.3, -0.25) is 4.90 Å². The lowest BCUT2D eigenvalue weighted by molar-refractivity contribution is 0.183. The van der Waals surface area contributed by atoms with E-state index in [1.165, 1.54) is 0 Å². The van der Waals surface area contributed by atoms with E-state index in [-0.39, 0.29) is 0 Å². The molecule has 0 bridgehead atoms. The molecule has 4 heterocycles. The van der Waals surface area contributed by atoms with E-state index in [1.54, 1.807) is 6.26 Å². The Morgan fingerprint density at radius 1 is 1.12 bits per heavy atom. The third-order valence-corrected chi connectivity index (χ3v) is 4.87. The molecule has 0 amide bonds. The van der Waals surface area contributed by atoms with Crippen molar-refractivity contribution in [1.82, 2.24) is 15.0 Å². The summed E-state index contributed by atoms with van der Waals surface area (Å²) in [6, 6.07) is 13.6. The predicted octanol–water partition coefficient (Wildman–Crippen LogP) is 4.46. The number of oxazole rings is 1. The van der Waals surface area contributed by atoms with Crippen molar-refractivity contribution in [3.05, 3.63) is 60.3 Å². The maximum atomic E-state index is 5.97. The Bertz CT molecular complexity index is 969. The van der Waals surface area contributed by atoms with Gasteiger partial charge in [0.15, 0.2) is 17.2 Å². The largest absolute Gasteiger partial charge is 0.461 e. The second kappa shape index (κ2) is 6.46. The summed E-state index contributed by atoms with van der Waals surface area (Å²) < 4.78 is 16.7. The van der Waals surface area contributed by atoms with Crippen molar-refractivity contribution in [2.45, 2.75) is 25.3 Å². The summed E-state index contributed by atoms with van der Waals surface area (Å²) in [6.07, 6.45) is 3.85. The molecule has 26 heavy (non-hydrogen) atoms. The Balaban J connectivity index is 1.30. The lowest BCUT2D eigenvalue weighted by atomic mass is 9.98. The molecule has 1 aliphatic heterocycles. The molecule has 4 aromatic rings. The second-order valence-corrected chi connectivity index (χ2v) is 6.75. The maximum Gasteiger partial charge on any atom is 0.202 e. The molecule has 3 aromatic heterocycles. The quantitative estimate of drug-likeness (QED) is 0.542. The van der Waals surface area contributed by atoms with Gasteiger partial charge in [-0.2, -0.15) is 0 Å². The van der Waals surface area contributed by atoms with E-state index in [4.69, 9.17) is 13.4 Å². The zero-order valence-corrected chi connectivity index (χ0v) is 14.3. The third kappa shape index (κ3) is 2.93. The summed E-state index contributed by atoms with van der Waals surface area (Å²) in [7, 11) is 0. The number of aromatic nitrogens is 2. The molecule has 132 valence electrons. The summed E-state index contributed by atoms with van der Waals surface area (Å²) in [5, 5.41) is 4.18. The monoisotopic (exact) mass is 349 g/mol. The number of likely N-dealkylation sites (tertiary alicyclic amines) is 1. The van der Waals surface area contributed by atoms with Crippen LogP contribution in [0.2, 0.25) is 0 Å². The summed E-state index contributed by atoms with van der Waals surface area (Å²) in [6.45, 7) is 2.70. The van der Waals surface area contributed by atoms with Crippen LogP contribution in [-0.4, -0.2) is 28.1 Å². The molecule has 0 spiro atoms. The number of piperidine rings is 1. The molecule has 1 unspecified atom stereocenters. The van der Waals surface area contributed by atoms with Crippen LogP contribution in [0.15, 0.2) is 62.1 Å². The Morgan fingerprint density at radius 2 is 2.08 bits per heavy atom. The third-order valence-electron chi connectivity index (χ3n) is 4.87. The van der Waals surface area contributed by atoms with Crippen LogP contribution in [0.5, 0.6) is 0 Å². The molecule has 1 aliphatic rings. The van der Waals surface area contributed by atoms with E-state index in [1.807, 2.05) is 42.5 Å². The molecule has 1 fully saturated rings. The van der Waals surface area contributed by atoms with E-state index in [0.29, 0.717) is 17.4 Å². The van der Waals surface area contributed by atoms with Gasteiger partial charge in [-0.05, 0) is 43.7 Å². The van der Waals surface area contributed by atoms with Gasteiger partial charge in [0, 0.05) is 25.1 Å². The van der Waals surface area contributed by atoms with Crippen molar-refractivity contribution in [2.75, 3.05) is 13.1 Å².